The number of aromatic nitrogens is 1. The summed E-state index contributed by atoms with van der Waals surface area (Å²) < 4.78 is 10.5. The Balaban J connectivity index is 0.00000208. The molecule has 2 saturated heterocycles. The molecule has 0 radical (unpaired) electrons. The zero-order valence-corrected chi connectivity index (χ0v) is 14.9. The molecule has 0 aromatic carbocycles. The van der Waals surface area contributed by atoms with E-state index in [0.717, 1.165) is 5.69 Å². The summed E-state index contributed by atoms with van der Waals surface area (Å²) in [7, 11) is 1.41. The van der Waals surface area contributed by atoms with Crippen molar-refractivity contribution < 1.29 is 14.3 Å². The van der Waals surface area contributed by atoms with Crippen LogP contribution in [0.25, 0.3) is 0 Å². The molecule has 0 amide bonds. The lowest BCUT2D eigenvalue weighted by molar-refractivity contribution is -0.152. The molecule has 24 heavy (non-hydrogen) atoms. The molecule has 6 nitrogen and oxygen atoms in total. The van der Waals surface area contributed by atoms with Crippen LogP contribution in [0.1, 0.15) is 31.0 Å². The van der Waals surface area contributed by atoms with Gasteiger partial charge in [0.15, 0.2) is 0 Å². The normalized spacial score (nSPS) is 25.1. The highest BCUT2D eigenvalue weighted by Crippen LogP contribution is 2.44. The van der Waals surface area contributed by atoms with E-state index in [2.05, 4.69) is 24.9 Å². The van der Waals surface area contributed by atoms with Gasteiger partial charge in [-0.1, -0.05) is 13.8 Å². The average molecular weight is 352 g/mol. The van der Waals surface area contributed by atoms with Crippen molar-refractivity contribution in [2.24, 2.45) is 11.3 Å². The Morgan fingerprint density at radius 1 is 1.54 bits per heavy atom. The third-order valence-corrected chi connectivity index (χ3v) is 4.87. The van der Waals surface area contributed by atoms with Crippen LogP contribution >= 0.6 is 12.4 Å². The highest BCUT2D eigenvalue weighted by Gasteiger charge is 2.57. The fraction of sp³-hybridized carbons (Fsp3) is 0.588. The summed E-state index contributed by atoms with van der Waals surface area (Å²) in [6.07, 6.45) is 0. The Hall–Kier alpha value is -1.84. The van der Waals surface area contributed by atoms with Crippen molar-refractivity contribution in [2.75, 3.05) is 38.3 Å². The van der Waals surface area contributed by atoms with Gasteiger partial charge in [0.25, 0.3) is 0 Å². The van der Waals surface area contributed by atoms with Crippen LogP contribution in [-0.2, 0) is 14.3 Å². The zero-order chi connectivity index (χ0) is 16.6. The maximum absolute atomic E-state index is 12.3. The first-order valence-electron chi connectivity index (χ1n) is 7.84. The largest absolute Gasteiger partial charge is 0.468 e. The number of carbonyl (C=O) groups excluding carboxylic acids is 1. The highest BCUT2D eigenvalue weighted by atomic mass is 35.5. The molecule has 7 heteroatoms. The molecule has 2 fully saturated rings. The van der Waals surface area contributed by atoms with E-state index in [1.807, 2.05) is 17.0 Å². The standard InChI is InChI=1S/C17H21N3O3.ClH/c1-11(2)14-5-4-12(6-18)15(19-14)20-7-13-8-23-10-17(13,9-20)16(21)22-3;/h4-5,11,13H,7-10H2,1-3H3;1H/t13-,17-;/m0./s1. The zero-order valence-electron chi connectivity index (χ0n) is 14.1. The van der Waals surface area contributed by atoms with Gasteiger partial charge in [-0.3, -0.25) is 4.79 Å². The summed E-state index contributed by atoms with van der Waals surface area (Å²) >= 11 is 0. The summed E-state index contributed by atoms with van der Waals surface area (Å²) in [6, 6.07) is 5.91. The Morgan fingerprint density at radius 2 is 2.29 bits per heavy atom. The van der Waals surface area contributed by atoms with E-state index in [9.17, 15) is 10.1 Å². The van der Waals surface area contributed by atoms with Crippen LogP contribution in [0.5, 0.6) is 0 Å². The van der Waals surface area contributed by atoms with Crippen LogP contribution < -0.4 is 4.90 Å². The molecule has 0 bridgehead atoms. The quantitative estimate of drug-likeness (QED) is 0.776. The van der Waals surface area contributed by atoms with Gasteiger partial charge >= 0.3 is 5.97 Å². The molecular weight excluding hydrogens is 330 g/mol. The predicted molar refractivity (Wildman–Crippen MR) is 91.3 cm³/mol. The minimum Gasteiger partial charge on any atom is -0.468 e. The third kappa shape index (κ3) is 2.83. The van der Waals surface area contributed by atoms with Crippen molar-refractivity contribution >= 4 is 24.2 Å². The lowest BCUT2D eigenvalue weighted by Crippen LogP contribution is -2.40. The van der Waals surface area contributed by atoms with Crippen molar-refractivity contribution in [3.8, 4) is 6.07 Å². The maximum Gasteiger partial charge on any atom is 0.316 e. The molecule has 3 heterocycles. The average Bonchev–Trinajstić information content (AvgIpc) is 3.11. The van der Waals surface area contributed by atoms with Gasteiger partial charge < -0.3 is 14.4 Å². The molecule has 130 valence electrons. The second-order valence-electron chi connectivity index (χ2n) is 6.61. The molecule has 0 aliphatic carbocycles. The van der Waals surface area contributed by atoms with E-state index in [1.54, 1.807) is 0 Å². The number of methoxy groups -OCH3 is 1. The molecule has 1 aromatic heterocycles. The summed E-state index contributed by atoms with van der Waals surface area (Å²) in [5.74, 6) is 0.782. The maximum atomic E-state index is 12.3. The minimum absolute atomic E-state index is 0. The number of rotatable bonds is 3. The van der Waals surface area contributed by atoms with Crippen LogP contribution in [0, 0.1) is 22.7 Å². The first kappa shape index (κ1) is 18.5. The second kappa shape index (κ2) is 6.96. The number of halogens is 1. The lowest BCUT2D eigenvalue weighted by Gasteiger charge is -2.25. The van der Waals surface area contributed by atoms with Gasteiger partial charge in [0.1, 0.15) is 17.3 Å². The van der Waals surface area contributed by atoms with E-state index < -0.39 is 5.41 Å². The number of hydrogen-bond donors (Lipinski definition) is 0. The van der Waals surface area contributed by atoms with Crippen LogP contribution in [0.2, 0.25) is 0 Å². The first-order chi connectivity index (χ1) is 11.0. The second-order valence-corrected chi connectivity index (χ2v) is 6.61. The Kier molecular flexibility index (Phi) is 5.36. The van der Waals surface area contributed by atoms with Gasteiger partial charge in [0.05, 0.1) is 25.9 Å². The minimum atomic E-state index is -0.642. The topological polar surface area (TPSA) is 75.5 Å². The molecule has 0 unspecified atom stereocenters. The molecular formula is C17H22ClN3O3. The van der Waals surface area contributed by atoms with Gasteiger partial charge in [0.2, 0.25) is 0 Å². The fourth-order valence-electron chi connectivity index (χ4n) is 3.50. The number of ether oxygens (including phenoxy) is 2. The summed E-state index contributed by atoms with van der Waals surface area (Å²) in [5, 5.41) is 9.40. The molecule has 0 spiro atoms. The number of pyridine rings is 1. The van der Waals surface area contributed by atoms with Gasteiger partial charge in [-0.25, -0.2) is 4.98 Å². The number of anilines is 1. The van der Waals surface area contributed by atoms with E-state index >= 15 is 0 Å². The molecule has 2 aliphatic rings. The fourth-order valence-corrected chi connectivity index (χ4v) is 3.50. The van der Waals surface area contributed by atoms with Gasteiger partial charge in [0, 0.05) is 24.7 Å². The number of hydrogen-bond acceptors (Lipinski definition) is 6. The molecule has 2 atom stereocenters. The van der Waals surface area contributed by atoms with E-state index in [4.69, 9.17) is 9.47 Å². The molecule has 0 N–H and O–H groups in total. The number of nitriles is 1. The van der Waals surface area contributed by atoms with E-state index in [0.29, 0.717) is 37.7 Å². The lowest BCUT2D eigenvalue weighted by atomic mass is 9.81. The summed E-state index contributed by atoms with van der Waals surface area (Å²) in [4.78, 5) is 19.0. The predicted octanol–water partition coefficient (Wildman–Crippen LogP) is 2.12. The summed E-state index contributed by atoms with van der Waals surface area (Å²) in [5.41, 5.74) is 0.839. The number of esters is 1. The number of carbonyl (C=O) groups is 1. The van der Waals surface area contributed by atoms with Crippen LogP contribution in [0.4, 0.5) is 5.82 Å². The Labute approximate surface area is 148 Å². The molecule has 2 aliphatic heterocycles. The van der Waals surface area contributed by atoms with E-state index in [-0.39, 0.29) is 30.2 Å². The molecule has 1 aromatic rings. The van der Waals surface area contributed by atoms with Crippen molar-refractivity contribution in [3.63, 3.8) is 0 Å². The van der Waals surface area contributed by atoms with Crippen LogP contribution in [0.15, 0.2) is 12.1 Å². The van der Waals surface area contributed by atoms with Crippen molar-refractivity contribution in [1.82, 2.24) is 4.98 Å². The summed E-state index contributed by atoms with van der Waals surface area (Å²) in [6.45, 7) is 6.18. The van der Waals surface area contributed by atoms with Gasteiger partial charge in [-0.15, -0.1) is 12.4 Å². The van der Waals surface area contributed by atoms with E-state index in [1.165, 1.54) is 7.11 Å². The van der Waals surface area contributed by atoms with Crippen molar-refractivity contribution in [3.05, 3.63) is 23.4 Å². The Morgan fingerprint density at radius 3 is 2.92 bits per heavy atom. The van der Waals surface area contributed by atoms with Crippen LogP contribution in [-0.4, -0.2) is 44.4 Å². The number of nitrogens with zero attached hydrogens (tertiary/aromatic N) is 3. The molecule has 0 saturated carbocycles. The van der Waals surface area contributed by atoms with Crippen LogP contribution in [0.3, 0.4) is 0 Å². The highest BCUT2D eigenvalue weighted by molar-refractivity contribution is 5.85. The van der Waals surface area contributed by atoms with Crippen molar-refractivity contribution in [1.29, 1.82) is 5.26 Å². The SMILES string of the molecule is COC(=O)[C@@]12COC[C@@H]1CN(c1nc(C(C)C)ccc1C#N)C2.Cl. The third-order valence-electron chi connectivity index (χ3n) is 4.87. The first-order valence-corrected chi connectivity index (χ1v) is 7.84. The smallest absolute Gasteiger partial charge is 0.316 e. The van der Waals surface area contributed by atoms with Gasteiger partial charge in [-0.2, -0.15) is 5.26 Å². The Bertz CT molecular complexity index is 674. The number of fused-ring (bicyclic) bond motifs is 1. The monoisotopic (exact) mass is 351 g/mol. The van der Waals surface area contributed by atoms with Crippen molar-refractivity contribution in [2.45, 2.75) is 19.8 Å². The molecule has 3 rings (SSSR count). The van der Waals surface area contributed by atoms with Gasteiger partial charge in [-0.05, 0) is 18.1 Å².